The monoisotopic (exact) mass is 902 g/mol. The molecule has 1 atom stereocenters. The first-order valence-electron chi connectivity index (χ1n) is 20.5. The van der Waals surface area contributed by atoms with Crippen LogP contribution in [0.3, 0.4) is 0 Å². The summed E-state index contributed by atoms with van der Waals surface area (Å²) in [6.45, 7) is 1.74. The second-order valence-corrected chi connectivity index (χ2v) is 17.6. The number of carbonyl (C=O) groups is 5. The SMILES string of the molecule is COc1cc(N2CCC(NC(=O)CCCCCOc3cccc4c3C(=O)N(C3CCC(=O)NC3=O)C4=O)CC2)ccc1Nc1ncc(Cl)c(Nc2ccccc2P(=O)(OC)OC)n1. The predicted octanol–water partition coefficient (Wildman–Crippen LogP) is 5.86. The summed E-state index contributed by atoms with van der Waals surface area (Å²) in [6, 6.07) is 16.4. The van der Waals surface area contributed by atoms with Gasteiger partial charge in [-0.25, -0.2) is 4.98 Å². The van der Waals surface area contributed by atoms with E-state index in [1.54, 1.807) is 43.5 Å². The Labute approximate surface area is 368 Å². The highest BCUT2D eigenvalue weighted by atomic mass is 35.5. The van der Waals surface area contributed by atoms with Crippen LogP contribution in [0.5, 0.6) is 11.5 Å². The van der Waals surface area contributed by atoms with E-state index in [-0.39, 0.29) is 65.1 Å². The van der Waals surface area contributed by atoms with E-state index in [4.69, 9.17) is 30.1 Å². The number of ether oxygens (including phenoxy) is 2. The molecule has 1 unspecified atom stereocenters. The van der Waals surface area contributed by atoms with E-state index in [9.17, 15) is 28.5 Å². The maximum atomic E-state index is 13.3. The number of benzene rings is 3. The molecule has 63 heavy (non-hydrogen) atoms. The Hall–Kier alpha value is -6.07. The Kier molecular flexibility index (Phi) is 14.3. The van der Waals surface area contributed by atoms with Crippen molar-refractivity contribution in [3.8, 4) is 11.5 Å². The van der Waals surface area contributed by atoms with Crippen LogP contribution < -0.4 is 40.9 Å². The third-order valence-corrected chi connectivity index (χ3v) is 13.3. The molecule has 4 heterocycles. The number of unbranched alkanes of at least 4 members (excludes halogenated alkanes) is 2. The maximum absolute atomic E-state index is 13.3. The number of imide groups is 2. The summed E-state index contributed by atoms with van der Waals surface area (Å²) in [4.78, 5) is 75.3. The third kappa shape index (κ3) is 10.1. The molecule has 0 saturated carbocycles. The van der Waals surface area contributed by atoms with E-state index in [1.807, 2.05) is 18.2 Å². The van der Waals surface area contributed by atoms with Gasteiger partial charge < -0.3 is 39.4 Å². The molecule has 7 rings (SSSR count). The minimum atomic E-state index is -3.59. The topological polar surface area (TPSA) is 220 Å². The number of carbonyl (C=O) groups excluding carboxylic acids is 5. The number of rotatable bonds is 18. The van der Waals surface area contributed by atoms with Crippen LogP contribution in [0.25, 0.3) is 0 Å². The summed E-state index contributed by atoms with van der Waals surface area (Å²) in [5.74, 6) is -0.977. The molecule has 3 aliphatic heterocycles. The Morgan fingerprint density at radius 3 is 2.41 bits per heavy atom. The standard InChI is InChI=1S/C43H48ClN8O10P/c1-59-34-24-27(15-16-30(34)48-43-45-25-29(44)39(50-43)47-31-11-6-7-13-35(31)63(58,60-2)61-3)51-21-19-26(20-22-51)46-36(53)14-5-4-8-23-62-33-12-9-10-28-38(33)42(57)52(41(28)56)32-17-18-37(54)49-40(32)55/h6-7,9-13,15-16,24-26,32H,4-5,8,14,17-23H2,1-3H3,(H,46,53)(H,49,54,55)(H2,45,47,48,50). The molecular weight excluding hydrogens is 855 g/mol. The molecule has 2 saturated heterocycles. The summed E-state index contributed by atoms with van der Waals surface area (Å²) >= 11 is 6.45. The van der Waals surface area contributed by atoms with Gasteiger partial charge in [0.25, 0.3) is 11.8 Å². The zero-order chi connectivity index (χ0) is 44.7. The molecule has 4 N–H and O–H groups in total. The summed E-state index contributed by atoms with van der Waals surface area (Å²) < 4.78 is 35.2. The van der Waals surface area contributed by atoms with E-state index >= 15 is 0 Å². The summed E-state index contributed by atoms with van der Waals surface area (Å²) in [5, 5.41) is 12.2. The van der Waals surface area contributed by atoms with Crippen LogP contribution in [0.2, 0.25) is 5.02 Å². The molecular formula is C43H48ClN8O10P. The number of nitrogens with one attached hydrogen (secondary N) is 4. The molecule has 0 bridgehead atoms. The van der Waals surface area contributed by atoms with Crippen molar-refractivity contribution >= 4 is 82.9 Å². The number of para-hydroxylation sites is 1. The van der Waals surface area contributed by atoms with Crippen molar-refractivity contribution in [1.82, 2.24) is 25.5 Å². The Bertz CT molecular complexity index is 2440. The summed E-state index contributed by atoms with van der Waals surface area (Å²) in [6.07, 6.45) is 5.47. The fourth-order valence-corrected chi connectivity index (χ4v) is 9.14. The second-order valence-electron chi connectivity index (χ2n) is 15.0. The van der Waals surface area contributed by atoms with Gasteiger partial charge in [-0.1, -0.05) is 29.8 Å². The molecule has 332 valence electrons. The van der Waals surface area contributed by atoms with E-state index in [0.29, 0.717) is 48.1 Å². The van der Waals surface area contributed by atoms with Crippen LogP contribution in [-0.4, -0.2) is 97.5 Å². The molecule has 0 spiro atoms. The number of amides is 5. The van der Waals surface area contributed by atoms with Crippen molar-refractivity contribution in [3.63, 3.8) is 0 Å². The number of anilines is 5. The van der Waals surface area contributed by atoms with Crippen molar-refractivity contribution in [3.05, 3.63) is 83.0 Å². The van der Waals surface area contributed by atoms with Crippen LogP contribution in [0.15, 0.2) is 66.9 Å². The number of aromatic nitrogens is 2. The van der Waals surface area contributed by atoms with Crippen LogP contribution in [0.1, 0.15) is 72.1 Å². The van der Waals surface area contributed by atoms with Crippen molar-refractivity contribution < 1.29 is 47.1 Å². The van der Waals surface area contributed by atoms with E-state index in [1.165, 1.54) is 26.5 Å². The van der Waals surface area contributed by atoms with Gasteiger partial charge >= 0.3 is 7.60 Å². The third-order valence-electron chi connectivity index (χ3n) is 11.1. The van der Waals surface area contributed by atoms with Gasteiger partial charge in [0.1, 0.15) is 22.6 Å². The van der Waals surface area contributed by atoms with Gasteiger partial charge in [0.05, 0.1) is 47.7 Å². The minimum Gasteiger partial charge on any atom is -0.494 e. The highest BCUT2D eigenvalue weighted by Crippen LogP contribution is 2.47. The van der Waals surface area contributed by atoms with Gasteiger partial charge in [-0.3, -0.25) is 38.8 Å². The lowest BCUT2D eigenvalue weighted by Gasteiger charge is -2.34. The second kappa shape index (κ2) is 20.0. The molecule has 0 aliphatic carbocycles. The zero-order valence-electron chi connectivity index (χ0n) is 35.0. The smallest absolute Gasteiger partial charge is 0.362 e. The van der Waals surface area contributed by atoms with Gasteiger partial charge in [0.15, 0.2) is 5.82 Å². The lowest BCUT2D eigenvalue weighted by Crippen LogP contribution is -2.54. The van der Waals surface area contributed by atoms with Gasteiger partial charge in [0, 0.05) is 57.9 Å². The molecule has 2 fully saturated rings. The van der Waals surface area contributed by atoms with E-state index < -0.39 is 37.3 Å². The zero-order valence-corrected chi connectivity index (χ0v) is 36.6. The average molecular weight is 903 g/mol. The highest BCUT2D eigenvalue weighted by Gasteiger charge is 2.46. The first kappa shape index (κ1) is 45.0. The molecule has 1 aromatic heterocycles. The number of nitrogens with zero attached hydrogens (tertiary/aromatic N) is 4. The first-order chi connectivity index (χ1) is 30.4. The largest absolute Gasteiger partial charge is 0.494 e. The molecule has 18 nitrogen and oxygen atoms in total. The quantitative estimate of drug-likeness (QED) is 0.0522. The van der Waals surface area contributed by atoms with E-state index in [0.717, 1.165) is 36.5 Å². The lowest BCUT2D eigenvalue weighted by atomic mass is 10.0. The van der Waals surface area contributed by atoms with Crippen molar-refractivity contribution in [2.75, 3.05) is 56.6 Å². The first-order valence-corrected chi connectivity index (χ1v) is 22.4. The van der Waals surface area contributed by atoms with Crippen LogP contribution >= 0.6 is 19.2 Å². The molecule has 4 aromatic rings. The Morgan fingerprint density at radius 1 is 0.889 bits per heavy atom. The van der Waals surface area contributed by atoms with Gasteiger partial charge in [0.2, 0.25) is 23.7 Å². The summed E-state index contributed by atoms with van der Waals surface area (Å²) in [7, 11) is 0.621. The predicted molar refractivity (Wildman–Crippen MR) is 235 cm³/mol. The van der Waals surface area contributed by atoms with Crippen LogP contribution in [0.4, 0.5) is 28.8 Å². The molecule has 0 radical (unpaired) electrons. The molecule has 3 aromatic carbocycles. The molecule has 5 amide bonds. The van der Waals surface area contributed by atoms with Gasteiger partial charge in [-0.2, -0.15) is 4.98 Å². The minimum absolute atomic E-state index is 0.0121. The summed E-state index contributed by atoms with van der Waals surface area (Å²) in [5.41, 5.74) is 2.31. The fraction of sp³-hybridized carbons (Fsp3) is 0.372. The number of methoxy groups -OCH3 is 1. The normalized spacial score (nSPS) is 16.7. The maximum Gasteiger partial charge on any atom is 0.362 e. The average Bonchev–Trinajstić information content (AvgIpc) is 3.54. The number of halogens is 1. The van der Waals surface area contributed by atoms with Crippen molar-refractivity contribution in [2.24, 2.45) is 0 Å². The van der Waals surface area contributed by atoms with Crippen LogP contribution in [-0.2, 0) is 28.0 Å². The molecule has 3 aliphatic rings. The number of piperidine rings is 2. The van der Waals surface area contributed by atoms with Crippen molar-refractivity contribution in [2.45, 2.75) is 63.5 Å². The lowest BCUT2D eigenvalue weighted by molar-refractivity contribution is -0.136. The highest BCUT2D eigenvalue weighted by molar-refractivity contribution is 7.62. The van der Waals surface area contributed by atoms with Gasteiger partial charge in [-0.15, -0.1) is 0 Å². The fourth-order valence-electron chi connectivity index (χ4n) is 7.76. The van der Waals surface area contributed by atoms with Crippen molar-refractivity contribution in [1.29, 1.82) is 0 Å². The van der Waals surface area contributed by atoms with Gasteiger partial charge in [-0.05, 0) is 74.9 Å². The van der Waals surface area contributed by atoms with E-state index in [2.05, 4.69) is 36.1 Å². The number of fused-ring (bicyclic) bond motifs is 1. The van der Waals surface area contributed by atoms with Crippen LogP contribution in [0, 0.1) is 0 Å². The number of hydrogen-bond donors (Lipinski definition) is 4. The number of hydrogen-bond acceptors (Lipinski definition) is 15. The Balaban J connectivity index is 0.846. The Morgan fingerprint density at radius 2 is 1.67 bits per heavy atom. The molecule has 20 heteroatoms.